The monoisotopic (exact) mass is 403 g/mol. The van der Waals surface area contributed by atoms with E-state index >= 15 is 0 Å². The van der Waals surface area contributed by atoms with Crippen LogP contribution in [0.1, 0.15) is 22.0 Å². The molecule has 0 aliphatic rings. The van der Waals surface area contributed by atoms with Gasteiger partial charge in [-0.15, -0.1) is 0 Å². The van der Waals surface area contributed by atoms with Crippen molar-refractivity contribution in [2.24, 2.45) is 0 Å². The van der Waals surface area contributed by atoms with Crippen LogP contribution in [0.25, 0.3) is 0 Å². The minimum Gasteiger partial charge on any atom is -0.497 e. The van der Waals surface area contributed by atoms with Gasteiger partial charge in [-0.05, 0) is 29.8 Å². The first-order chi connectivity index (χ1) is 13.8. The fourth-order valence-electron chi connectivity index (χ4n) is 2.41. The van der Waals surface area contributed by atoms with Crippen LogP contribution in [0.4, 0.5) is 5.69 Å². The van der Waals surface area contributed by atoms with Gasteiger partial charge in [-0.3, -0.25) is 19.7 Å². The molecular formula is C19H21N3O7. The Morgan fingerprint density at radius 2 is 1.66 bits per heavy atom. The van der Waals surface area contributed by atoms with Gasteiger partial charge in [-0.25, -0.2) is 0 Å². The maximum absolute atomic E-state index is 12.2. The summed E-state index contributed by atoms with van der Waals surface area (Å²) in [5, 5.41) is 25.7. The summed E-state index contributed by atoms with van der Waals surface area (Å²) in [6.45, 7) is -0.412. The molecule has 0 bridgehead atoms. The van der Waals surface area contributed by atoms with Crippen LogP contribution in [0.2, 0.25) is 0 Å². The van der Waals surface area contributed by atoms with Crippen LogP contribution < -0.4 is 20.1 Å². The predicted octanol–water partition coefficient (Wildman–Crippen LogP) is 1.19. The lowest BCUT2D eigenvalue weighted by Gasteiger charge is -2.13. The molecule has 1 unspecified atom stereocenters. The first kappa shape index (κ1) is 21.6. The van der Waals surface area contributed by atoms with Gasteiger partial charge < -0.3 is 25.2 Å². The lowest BCUT2D eigenvalue weighted by molar-refractivity contribution is -0.384. The van der Waals surface area contributed by atoms with Gasteiger partial charge in [0.2, 0.25) is 5.91 Å². The molecule has 0 aliphatic heterocycles. The smallest absolute Gasteiger partial charge is 0.269 e. The number of non-ortho nitro benzene ring substituents is 1. The van der Waals surface area contributed by atoms with Gasteiger partial charge in [-0.1, -0.05) is 0 Å². The summed E-state index contributed by atoms with van der Waals surface area (Å²) in [7, 11) is 2.92. The SMILES string of the molecule is COc1cc(OC)cc(C(=O)NCC(=O)NCC(O)c2ccc([N+](=O)[O-])cc2)c1. The van der Waals surface area contributed by atoms with Crippen LogP contribution in [0, 0.1) is 10.1 Å². The van der Waals surface area contributed by atoms with Gasteiger partial charge in [-0.2, -0.15) is 0 Å². The van der Waals surface area contributed by atoms with Gasteiger partial charge in [0, 0.05) is 30.3 Å². The Morgan fingerprint density at radius 3 is 2.17 bits per heavy atom. The van der Waals surface area contributed by atoms with E-state index in [1.807, 2.05) is 0 Å². The molecule has 10 heteroatoms. The standard InChI is InChI=1S/C19H21N3O7/c1-28-15-7-13(8-16(9-15)29-2)19(25)21-11-18(24)20-10-17(23)12-3-5-14(6-4-12)22(26)27/h3-9,17,23H,10-11H2,1-2H3,(H,20,24)(H,21,25). The van der Waals surface area contributed by atoms with Crippen molar-refractivity contribution in [3.63, 3.8) is 0 Å². The second-order valence-corrected chi connectivity index (χ2v) is 5.95. The van der Waals surface area contributed by atoms with Gasteiger partial charge in [0.1, 0.15) is 11.5 Å². The first-order valence-corrected chi connectivity index (χ1v) is 8.54. The molecule has 0 saturated carbocycles. The number of nitrogens with zero attached hydrogens (tertiary/aromatic N) is 1. The minimum atomic E-state index is -1.04. The maximum atomic E-state index is 12.2. The van der Waals surface area contributed by atoms with Crippen molar-refractivity contribution in [3.05, 3.63) is 63.7 Å². The molecule has 2 aromatic carbocycles. The summed E-state index contributed by atoms with van der Waals surface area (Å²) in [4.78, 5) is 34.2. The lowest BCUT2D eigenvalue weighted by Crippen LogP contribution is -2.38. The molecule has 2 amide bonds. The molecule has 0 fully saturated rings. The number of rotatable bonds is 9. The van der Waals surface area contributed by atoms with Crippen molar-refractivity contribution >= 4 is 17.5 Å². The predicted molar refractivity (Wildman–Crippen MR) is 103 cm³/mol. The molecule has 2 rings (SSSR count). The number of nitro benzene ring substituents is 1. The van der Waals surface area contributed by atoms with Crippen LogP contribution in [-0.4, -0.2) is 49.2 Å². The third-order valence-corrected chi connectivity index (χ3v) is 4.00. The molecule has 154 valence electrons. The summed E-state index contributed by atoms with van der Waals surface area (Å²) < 4.78 is 10.2. The summed E-state index contributed by atoms with van der Waals surface area (Å²) in [6, 6.07) is 9.98. The zero-order chi connectivity index (χ0) is 21.4. The summed E-state index contributed by atoms with van der Waals surface area (Å²) in [5.41, 5.74) is 0.588. The highest BCUT2D eigenvalue weighted by molar-refractivity contribution is 5.97. The Hall–Kier alpha value is -3.66. The third-order valence-electron chi connectivity index (χ3n) is 4.00. The first-order valence-electron chi connectivity index (χ1n) is 8.54. The number of hydrogen-bond donors (Lipinski definition) is 3. The molecule has 1 atom stereocenters. The average molecular weight is 403 g/mol. The summed E-state index contributed by atoms with van der Waals surface area (Å²) in [6.07, 6.45) is -1.04. The largest absolute Gasteiger partial charge is 0.497 e. The molecule has 0 spiro atoms. The van der Waals surface area contributed by atoms with E-state index < -0.39 is 22.8 Å². The van der Waals surface area contributed by atoms with Crippen LogP contribution in [-0.2, 0) is 4.79 Å². The molecule has 0 saturated heterocycles. The number of hydrogen-bond acceptors (Lipinski definition) is 7. The zero-order valence-corrected chi connectivity index (χ0v) is 15.9. The number of carbonyl (C=O) groups excluding carboxylic acids is 2. The van der Waals surface area contributed by atoms with Gasteiger partial charge in [0.05, 0.1) is 31.8 Å². The normalized spacial score (nSPS) is 11.3. The second-order valence-electron chi connectivity index (χ2n) is 5.95. The maximum Gasteiger partial charge on any atom is 0.269 e. The fraction of sp³-hybridized carbons (Fsp3) is 0.263. The number of methoxy groups -OCH3 is 2. The van der Waals surface area contributed by atoms with E-state index in [1.54, 1.807) is 6.07 Å². The molecule has 3 N–H and O–H groups in total. The number of aliphatic hydroxyl groups is 1. The van der Waals surface area contributed by atoms with Crippen molar-refractivity contribution in [2.75, 3.05) is 27.3 Å². The lowest BCUT2D eigenvalue weighted by atomic mass is 10.1. The zero-order valence-electron chi connectivity index (χ0n) is 15.9. The van der Waals surface area contributed by atoms with E-state index in [1.165, 1.54) is 50.6 Å². The van der Waals surface area contributed by atoms with Gasteiger partial charge in [0.15, 0.2) is 0 Å². The third kappa shape index (κ3) is 6.18. The summed E-state index contributed by atoms with van der Waals surface area (Å²) in [5.74, 6) is -0.127. The van der Waals surface area contributed by atoms with Crippen LogP contribution in [0.5, 0.6) is 11.5 Å². The van der Waals surface area contributed by atoms with Crippen LogP contribution >= 0.6 is 0 Å². The number of carbonyl (C=O) groups is 2. The van der Waals surface area contributed by atoms with E-state index in [0.29, 0.717) is 17.1 Å². The van der Waals surface area contributed by atoms with Gasteiger partial charge >= 0.3 is 0 Å². The highest BCUT2D eigenvalue weighted by Crippen LogP contribution is 2.22. The van der Waals surface area contributed by atoms with E-state index in [9.17, 15) is 24.8 Å². The number of ether oxygens (including phenoxy) is 2. The molecule has 2 aromatic rings. The minimum absolute atomic E-state index is 0.0955. The summed E-state index contributed by atoms with van der Waals surface area (Å²) >= 11 is 0. The molecule has 0 radical (unpaired) electrons. The van der Waals surface area contributed by atoms with E-state index in [4.69, 9.17) is 9.47 Å². The van der Waals surface area contributed by atoms with E-state index in [-0.39, 0.29) is 24.3 Å². The average Bonchev–Trinajstić information content (AvgIpc) is 2.75. The van der Waals surface area contributed by atoms with Crippen molar-refractivity contribution in [2.45, 2.75) is 6.10 Å². The van der Waals surface area contributed by atoms with E-state index in [2.05, 4.69) is 10.6 Å². The molecule has 10 nitrogen and oxygen atoms in total. The molecule has 0 heterocycles. The number of nitrogens with one attached hydrogen (secondary N) is 2. The molecule has 0 aromatic heterocycles. The van der Waals surface area contributed by atoms with Crippen LogP contribution in [0.3, 0.4) is 0 Å². The Bertz CT molecular complexity index is 862. The topological polar surface area (TPSA) is 140 Å². The number of aliphatic hydroxyl groups excluding tert-OH is 1. The van der Waals surface area contributed by atoms with Gasteiger partial charge in [0.25, 0.3) is 11.6 Å². The quantitative estimate of drug-likeness (QED) is 0.422. The van der Waals surface area contributed by atoms with Crippen LogP contribution in [0.15, 0.2) is 42.5 Å². The highest BCUT2D eigenvalue weighted by Gasteiger charge is 2.14. The number of amides is 2. The molecular weight excluding hydrogens is 382 g/mol. The van der Waals surface area contributed by atoms with Crippen molar-refractivity contribution in [3.8, 4) is 11.5 Å². The number of nitro groups is 1. The van der Waals surface area contributed by atoms with Crippen molar-refractivity contribution in [1.82, 2.24) is 10.6 Å². The Morgan fingerprint density at radius 1 is 1.07 bits per heavy atom. The fourth-order valence-corrected chi connectivity index (χ4v) is 2.41. The Kier molecular flexibility index (Phi) is 7.49. The highest BCUT2D eigenvalue weighted by atomic mass is 16.6. The second kappa shape index (κ2) is 10.0. The Labute approximate surface area is 166 Å². The molecule has 0 aliphatic carbocycles. The molecule has 29 heavy (non-hydrogen) atoms. The number of benzene rings is 2. The Balaban J connectivity index is 1.85. The van der Waals surface area contributed by atoms with E-state index in [0.717, 1.165) is 0 Å². The van der Waals surface area contributed by atoms with Crippen molar-refractivity contribution in [1.29, 1.82) is 0 Å². The van der Waals surface area contributed by atoms with Crippen molar-refractivity contribution < 1.29 is 29.1 Å².